The van der Waals surface area contributed by atoms with Gasteiger partial charge in [0.1, 0.15) is 0 Å². The van der Waals surface area contributed by atoms with Crippen LogP contribution in [0.25, 0.3) is 0 Å². The lowest BCUT2D eigenvalue weighted by atomic mass is 9.96. The van der Waals surface area contributed by atoms with Crippen molar-refractivity contribution >= 4 is 11.6 Å². The molecule has 2 nitrogen and oxygen atoms in total. The fourth-order valence-corrected chi connectivity index (χ4v) is 2.63. The second kappa shape index (κ2) is 5.36. The molecule has 1 unspecified atom stereocenters. The van der Waals surface area contributed by atoms with E-state index in [0.717, 1.165) is 36.6 Å². The molecule has 0 fully saturated rings. The van der Waals surface area contributed by atoms with E-state index in [1.54, 1.807) is 0 Å². The Labute approximate surface area is 109 Å². The molecule has 1 aromatic heterocycles. The number of rotatable bonds is 3. The molecule has 0 amide bonds. The minimum Gasteiger partial charge on any atom is -0.300 e. The van der Waals surface area contributed by atoms with E-state index in [2.05, 4.69) is 30.8 Å². The van der Waals surface area contributed by atoms with Gasteiger partial charge in [-0.3, -0.25) is 4.98 Å². The van der Waals surface area contributed by atoms with Crippen LogP contribution in [0.1, 0.15) is 37.1 Å². The molecular weight excluding hydrogens is 232 g/mol. The van der Waals surface area contributed by atoms with Crippen LogP contribution in [0.3, 0.4) is 0 Å². The standard InChI is InChI=1S/C14H21ClN2/c1-4-10(2)7-11-8-16-13-9-17(3)6-5-12(13)14(11)15/h8,10H,4-7,9H2,1-3H3. The highest BCUT2D eigenvalue weighted by Gasteiger charge is 2.19. The Balaban J connectivity index is 2.26. The zero-order valence-corrected chi connectivity index (χ0v) is 11.7. The van der Waals surface area contributed by atoms with Crippen molar-refractivity contribution < 1.29 is 0 Å². The van der Waals surface area contributed by atoms with Crippen LogP contribution in [0.15, 0.2) is 6.20 Å². The number of nitrogens with zero attached hydrogens (tertiary/aromatic N) is 2. The maximum Gasteiger partial charge on any atom is 0.0591 e. The quantitative estimate of drug-likeness (QED) is 0.821. The first kappa shape index (κ1) is 12.8. The monoisotopic (exact) mass is 252 g/mol. The second-order valence-electron chi connectivity index (χ2n) is 5.23. The first-order chi connectivity index (χ1) is 8.11. The van der Waals surface area contributed by atoms with E-state index in [1.807, 2.05) is 6.20 Å². The molecule has 3 heteroatoms. The largest absolute Gasteiger partial charge is 0.300 e. The molecule has 1 atom stereocenters. The van der Waals surface area contributed by atoms with E-state index in [1.165, 1.54) is 17.5 Å². The van der Waals surface area contributed by atoms with Crippen molar-refractivity contribution in [3.63, 3.8) is 0 Å². The van der Waals surface area contributed by atoms with E-state index in [4.69, 9.17) is 11.6 Å². The molecule has 0 bridgehead atoms. The first-order valence-corrected chi connectivity index (χ1v) is 6.83. The Morgan fingerprint density at radius 1 is 1.53 bits per heavy atom. The Bertz CT molecular complexity index is 403. The van der Waals surface area contributed by atoms with Gasteiger partial charge in [-0.2, -0.15) is 0 Å². The van der Waals surface area contributed by atoms with Crippen LogP contribution >= 0.6 is 11.6 Å². The summed E-state index contributed by atoms with van der Waals surface area (Å²) in [6.45, 7) is 6.50. The van der Waals surface area contributed by atoms with Crippen molar-refractivity contribution in [1.82, 2.24) is 9.88 Å². The van der Waals surface area contributed by atoms with Crippen LogP contribution < -0.4 is 0 Å². The van der Waals surface area contributed by atoms with Gasteiger partial charge in [0.05, 0.1) is 10.7 Å². The summed E-state index contributed by atoms with van der Waals surface area (Å²) in [5.41, 5.74) is 3.67. The smallest absolute Gasteiger partial charge is 0.0591 e. The highest BCUT2D eigenvalue weighted by molar-refractivity contribution is 6.32. The topological polar surface area (TPSA) is 16.1 Å². The number of likely N-dealkylation sites (N-methyl/N-ethyl adjacent to an activating group) is 1. The van der Waals surface area contributed by atoms with Gasteiger partial charge in [0.2, 0.25) is 0 Å². The van der Waals surface area contributed by atoms with E-state index in [9.17, 15) is 0 Å². The van der Waals surface area contributed by atoms with Gasteiger partial charge in [-0.15, -0.1) is 0 Å². The maximum atomic E-state index is 6.52. The van der Waals surface area contributed by atoms with Crippen LogP contribution in [0.5, 0.6) is 0 Å². The van der Waals surface area contributed by atoms with Crippen molar-refractivity contribution in [3.8, 4) is 0 Å². The number of halogens is 1. The number of pyridine rings is 1. The van der Waals surface area contributed by atoms with Gasteiger partial charge >= 0.3 is 0 Å². The second-order valence-corrected chi connectivity index (χ2v) is 5.61. The molecule has 1 aliphatic heterocycles. The Hall–Kier alpha value is -0.600. The number of hydrogen-bond donors (Lipinski definition) is 0. The van der Waals surface area contributed by atoms with E-state index in [-0.39, 0.29) is 0 Å². The number of hydrogen-bond acceptors (Lipinski definition) is 2. The van der Waals surface area contributed by atoms with Gasteiger partial charge in [-0.05, 0) is 36.9 Å². The maximum absolute atomic E-state index is 6.52. The summed E-state index contributed by atoms with van der Waals surface area (Å²) >= 11 is 6.52. The molecule has 17 heavy (non-hydrogen) atoms. The summed E-state index contributed by atoms with van der Waals surface area (Å²) in [5, 5.41) is 0.975. The average molecular weight is 253 g/mol. The summed E-state index contributed by atoms with van der Waals surface area (Å²) in [6, 6.07) is 0. The molecule has 0 saturated heterocycles. The molecule has 2 rings (SSSR count). The molecule has 1 aromatic rings. The molecule has 0 aromatic carbocycles. The lowest BCUT2D eigenvalue weighted by Crippen LogP contribution is -2.28. The molecule has 0 saturated carbocycles. The number of aromatic nitrogens is 1. The fourth-order valence-electron chi connectivity index (χ4n) is 2.30. The van der Waals surface area contributed by atoms with Crippen molar-refractivity contribution in [3.05, 3.63) is 28.0 Å². The van der Waals surface area contributed by atoms with Gasteiger partial charge in [0.25, 0.3) is 0 Å². The Morgan fingerprint density at radius 3 is 3.00 bits per heavy atom. The predicted octanol–water partition coefficient (Wildman–Crippen LogP) is 3.31. The molecule has 0 radical (unpaired) electrons. The molecule has 94 valence electrons. The Kier molecular flexibility index (Phi) is 4.05. The van der Waals surface area contributed by atoms with Crippen molar-refractivity contribution in [2.75, 3.05) is 13.6 Å². The van der Waals surface area contributed by atoms with E-state index >= 15 is 0 Å². The van der Waals surface area contributed by atoms with Gasteiger partial charge in [0, 0.05) is 19.3 Å². The molecular formula is C14H21ClN2. The van der Waals surface area contributed by atoms with E-state index in [0.29, 0.717) is 5.92 Å². The summed E-state index contributed by atoms with van der Waals surface area (Å²) in [5.74, 6) is 0.679. The zero-order valence-electron chi connectivity index (χ0n) is 11.0. The van der Waals surface area contributed by atoms with Crippen LogP contribution in [0.4, 0.5) is 0 Å². The first-order valence-electron chi connectivity index (χ1n) is 6.45. The summed E-state index contributed by atoms with van der Waals surface area (Å²) < 4.78 is 0. The fraction of sp³-hybridized carbons (Fsp3) is 0.643. The molecule has 1 aliphatic rings. The van der Waals surface area contributed by atoms with Crippen molar-refractivity contribution in [1.29, 1.82) is 0 Å². The minimum absolute atomic E-state index is 0.679. The van der Waals surface area contributed by atoms with E-state index < -0.39 is 0 Å². The third-order valence-corrected chi connectivity index (χ3v) is 4.17. The zero-order chi connectivity index (χ0) is 12.4. The third-order valence-electron chi connectivity index (χ3n) is 3.70. The highest BCUT2D eigenvalue weighted by Crippen LogP contribution is 2.29. The average Bonchev–Trinajstić information content (AvgIpc) is 2.32. The molecule has 2 heterocycles. The molecule has 0 spiro atoms. The Morgan fingerprint density at radius 2 is 2.29 bits per heavy atom. The predicted molar refractivity (Wildman–Crippen MR) is 72.4 cm³/mol. The highest BCUT2D eigenvalue weighted by atomic mass is 35.5. The number of fused-ring (bicyclic) bond motifs is 1. The lowest BCUT2D eigenvalue weighted by molar-refractivity contribution is 0.307. The van der Waals surface area contributed by atoms with Crippen LogP contribution in [0, 0.1) is 5.92 Å². The summed E-state index contributed by atoms with van der Waals surface area (Å²) in [4.78, 5) is 6.88. The third kappa shape index (κ3) is 2.80. The van der Waals surface area contributed by atoms with Gasteiger partial charge < -0.3 is 4.90 Å². The van der Waals surface area contributed by atoms with Crippen LogP contribution in [-0.4, -0.2) is 23.5 Å². The summed E-state index contributed by atoms with van der Waals surface area (Å²) in [7, 11) is 2.13. The van der Waals surface area contributed by atoms with Crippen molar-refractivity contribution in [2.24, 2.45) is 5.92 Å². The lowest BCUT2D eigenvalue weighted by Gasteiger charge is -2.25. The minimum atomic E-state index is 0.679. The van der Waals surface area contributed by atoms with Crippen LogP contribution in [-0.2, 0) is 19.4 Å². The van der Waals surface area contributed by atoms with Gasteiger partial charge in [-0.1, -0.05) is 31.9 Å². The normalized spacial score (nSPS) is 17.9. The van der Waals surface area contributed by atoms with Gasteiger partial charge in [-0.25, -0.2) is 0 Å². The summed E-state index contributed by atoms with van der Waals surface area (Å²) in [6.07, 6.45) is 5.25. The van der Waals surface area contributed by atoms with Gasteiger partial charge in [0.15, 0.2) is 0 Å². The molecule has 0 aliphatic carbocycles. The van der Waals surface area contributed by atoms with Crippen molar-refractivity contribution in [2.45, 2.75) is 39.7 Å². The molecule has 0 N–H and O–H groups in total. The van der Waals surface area contributed by atoms with Crippen LogP contribution in [0.2, 0.25) is 5.02 Å². The SMILES string of the molecule is CCC(C)Cc1cnc2c(c1Cl)CCN(C)C2.